The Kier molecular flexibility index (Phi) is 7.66. The first-order chi connectivity index (χ1) is 18.2. The number of carbonyl (C=O) groups is 3. The monoisotopic (exact) mass is 618 g/mol. The topological polar surface area (TPSA) is 98.2 Å². The van der Waals surface area contributed by atoms with Crippen LogP contribution < -0.4 is 4.90 Å². The Labute approximate surface area is 239 Å². The molecule has 3 unspecified atom stereocenters. The van der Waals surface area contributed by atoms with Crippen molar-refractivity contribution in [2.24, 2.45) is 11.8 Å². The number of amides is 2. The van der Waals surface area contributed by atoms with E-state index < -0.39 is 34.6 Å². The second-order valence-corrected chi connectivity index (χ2v) is 13.1. The molecule has 0 radical (unpaired) electrons. The fourth-order valence-electron chi connectivity index (χ4n) is 6.38. The van der Waals surface area contributed by atoms with Crippen LogP contribution >= 0.6 is 39.3 Å². The Bertz CT molecular complexity index is 1250. The molecule has 2 aromatic rings. The van der Waals surface area contributed by atoms with E-state index in [4.69, 9.17) is 11.6 Å². The molecule has 7 atom stereocenters. The number of carbonyl (C=O) groups excluding carboxylic acids is 2. The third-order valence-electron chi connectivity index (χ3n) is 7.88. The molecule has 2 N–H and O–H groups in total. The maximum absolute atomic E-state index is 14.6. The van der Waals surface area contributed by atoms with Gasteiger partial charge in [-0.15, -0.1) is 18.3 Å². The second kappa shape index (κ2) is 10.7. The van der Waals surface area contributed by atoms with Crippen LogP contribution in [0.1, 0.15) is 12.0 Å². The van der Waals surface area contributed by atoms with Gasteiger partial charge < -0.3 is 20.0 Å². The van der Waals surface area contributed by atoms with E-state index in [1.165, 1.54) is 16.7 Å². The van der Waals surface area contributed by atoms with Gasteiger partial charge in [0.1, 0.15) is 6.04 Å². The number of fused-ring (bicyclic) bond motifs is 1. The van der Waals surface area contributed by atoms with Gasteiger partial charge >= 0.3 is 5.97 Å². The van der Waals surface area contributed by atoms with E-state index in [-0.39, 0.29) is 35.0 Å². The predicted molar refractivity (Wildman–Crippen MR) is 152 cm³/mol. The first-order valence-electron chi connectivity index (χ1n) is 12.4. The molecule has 2 amide bonds. The standard InChI is InChI=1S/C28H28BrClN2O5S/c1-2-12-31(18-10-8-17(30)9-11-18)26(35)24-28-14-20(29)23(38-28)21(27(36)37)22(28)25(34)32(24)19(15-33)13-16-6-4-3-5-7-16/h2-11,19-24,33H,1,12-15H2,(H,36,37)/t19-,20?,21+,22+,23+,24?,28?/m1/s1. The van der Waals surface area contributed by atoms with E-state index in [2.05, 4.69) is 22.5 Å². The number of rotatable bonds is 9. The highest BCUT2D eigenvalue weighted by Gasteiger charge is 2.76. The van der Waals surface area contributed by atoms with Gasteiger partial charge in [-0.1, -0.05) is 63.9 Å². The molecule has 200 valence electrons. The zero-order valence-electron chi connectivity index (χ0n) is 20.5. The van der Waals surface area contributed by atoms with E-state index in [9.17, 15) is 24.6 Å². The lowest BCUT2D eigenvalue weighted by atomic mass is 9.71. The molecule has 3 aliphatic heterocycles. The van der Waals surface area contributed by atoms with Gasteiger partial charge in [-0.2, -0.15) is 0 Å². The normalized spacial score (nSPS) is 30.2. The maximum atomic E-state index is 14.6. The molecule has 3 aliphatic rings. The third kappa shape index (κ3) is 4.37. The van der Waals surface area contributed by atoms with Crippen molar-refractivity contribution in [3.63, 3.8) is 0 Å². The Morgan fingerprint density at radius 3 is 2.53 bits per heavy atom. The molecule has 3 saturated heterocycles. The molecule has 7 nitrogen and oxygen atoms in total. The van der Waals surface area contributed by atoms with Crippen LogP contribution in [-0.4, -0.2) is 73.0 Å². The van der Waals surface area contributed by atoms with E-state index in [0.717, 1.165) is 5.56 Å². The molecular formula is C28H28BrClN2O5S. The van der Waals surface area contributed by atoms with Crippen molar-refractivity contribution in [3.8, 4) is 0 Å². The Hall–Kier alpha value is -2.33. The molecule has 1 spiro atoms. The largest absolute Gasteiger partial charge is 0.481 e. The zero-order valence-corrected chi connectivity index (χ0v) is 23.6. The lowest BCUT2D eigenvalue weighted by molar-refractivity contribution is -0.149. The number of likely N-dealkylation sites (tertiary alicyclic amines) is 1. The molecule has 2 bridgehead atoms. The maximum Gasteiger partial charge on any atom is 0.308 e. The van der Waals surface area contributed by atoms with Crippen molar-refractivity contribution in [1.82, 2.24) is 4.90 Å². The van der Waals surface area contributed by atoms with Crippen molar-refractivity contribution in [3.05, 3.63) is 77.8 Å². The Balaban J connectivity index is 1.62. The van der Waals surface area contributed by atoms with Gasteiger partial charge in [-0.05, 0) is 42.7 Å². The summed E-state index contributed by atoms with van der Waals surface area (Å²) in [5.74, 6) is -3.53. The summed E-state index contributed by atoms with van der Waals surface area (Å²) in [6, 6.07) is 14.7. The van der Waals surface area contributed by atoms with Crippen LogP contribution in [0.4, 0.5) is 5.69 Å². The summed E-state index contributed by atoms with van der Waals surface area (Å²) in [5.41, 5.74) is 1.50. The van der Waals surface area contributed by atoms with Crippen molar-refractivity contribution < 1.29 is 24.6 Å². The number of anilines is 1. The van der Waals surface area contributed by atoms with Crippen molar-refractivity contribution >= 4 is 62.8 Å². The summed E-state index contributed by atoms with van der Waals surface area (Å²) in [6.45, 7) is 3.65. The molecule has 10 heteroatoms. The smallest absolute Gasteiger partial charge is 0.308 e. The van der Waals surface area contributed by atoms with Gasteiger partial charge in [0.05, 0.1) is 29.2 Å². The number of aliphatic hydroxyl groups is 1. The number of alkyl halides is 1. The SMILES string of the molecule is C=CCN(C(=O)C1N([C@@H](CO)Cc2ccccc2)C(=O)[C@@H]2[C@H](C(=O)O)[C@H]3SC12CC3Br)c1ccc(Cl)cc1. The van der Waals surface area contributed by atoms with Crippen LogP contribution in [0.3, 0.4) is 0 Å². The summed E-state index contributed by atoms with van der Waals surface area (Å²) >= 11 is 11.2. The molecule has 0 saturated carbocycles. The van der Waals surface area contributed by atoms with Gasteiger partial charge in [-0.3, -0.25) is 14.4 Å². The zero-order chi connectivity index (χ0) is 27.2. The summed E-state index contributed by atoms with van der Waals surface area (Å²) in [7, 11) is 0. The molecular weight excluding hydrogens is 592 g/mol. The number of benzene rings is 2. The number of aliphatic carboxylic acids is 1. The van der Waals surface area contributed by atoms with Gasteiger partial charge in [-0.25, -0.2) is 0 Å². The number of halogens is 2. The van der Waals surface area contributed by atoms with Crippen LogP contribution in [0.15, 0.2) is 67.3 Å². The molecule has 2 aromatic carbocycles. The molecule has 3 heterocycles. The number of hydrogen-bond acceptors (Lipinski definition) is 5. The van der Waals surface area contributed by atoms with Crippen LogP contribution in [0.5, 0.6) is 0 Å². The van der Waals surface area contributed by atoms with E-state index in [1.54, 1.807) is 35.2 Å². The first-order valence-corrected chi connectivity index (χ1v) is 14.6. The lowest BCUT2D eigenvalue weighted by Gasteiger charge is -2.40. The van der Waals surface area contributed by atoms with Crippen LogP contribution in [0.2, 0.25) is 5.02 Å². The molecule has 5 rings (SSSR count). The van der Waals surface area contributed by atoms with Gasteiger partial charge in [0, 0.05) is 27.3 Å². The first kappa shape index (κ1) is 27.2. The highest BCUT2D eigenvalue weighted by molar-refractivity contribution is 9.09. The minimum Gasteiger partial charge on any atom is -0.481 e. The van der Waals surface area contributed by atoms with Gasteiger partial charge in [0.15, 0.2) is 0 Å². The van der Waals surface area contributed by atoms with Crippen molar-refractivity contribution in [2.75, 3.05) is 18.1 Å². The van der Waals surface area contributed by atoms with Crippen LogP contribution in [0.25, 0.3) is 0 Å². The number of carboxylic acids is 1. The minimum absolute atomic E-state index is 0.155. The summed E-state index contributed by atoms with van der Waals surface area (Å²) < 4.78 is -0.938. The second-order valence-electron chi connectivity index (χ2n) is 9.99. The summed E-state index contributed by atoms with van der Waals surface area (Å²) in [6.07, 6.45) is 2.42. The number of aliphatic hydroxyl groups excluding tert-OH is 1. The average molecular weight is 620 g/mol. The summed E-state index contributed by atoms with van der Waals surface area (Å²) in [5, 5.41) is 20.9. The minimum atomic E-state index is -1.04. The third-order valence-corrected chi connectivity index (χ3v) is 11.4. The average Bonchev–Trinajstić information content (AvgIpc) is 3.50. The Morgan fingerprint density at radius 1 is 1.24 bits per heavy atom. The Morgan fingerprint density at radius 2 is 1.92 bits per heavy atom. The van der Waals surface area contributed by atoms with E-state index in [1.807, 2.05) is 30.3 Å². The number of carboxylic acid groups (broad SMARTS) is 1. The quantitative estimate of drug-likeness (QED) is 0.325. The van der Waals surface area contributed by atoms with Crippen molar-refractivity contribution in [2.45, 2.75) is 39.7 Å². The van der Waals surface area contributed by atoms with Gasteiger partial charge in [0.25, 0.3) is 5.91 Å². The van der Waals surface area contributed by atoms with Gasteiger partial charge in [0.2, 0.25) is 5.91 Å². The molecule has 38 heavy (non-hydrogen) atoms. The van der Waals surface area contributed by atoms with Crippen LogP contribution in [-0.2, 0) is 20.8 Å². The molecule has 0 aliphatic carbocycles. The van der Waals surface area contributed by atoms with Crippen LogP contribution in [0, 0.1) is 11.8 Å². The molecule has 3 fully saturated rings. The number of hydrogen-bond donors (Lipinski definition) is 2. The predicted octanol–water partition coefficient (Wildman–Crippen LogP) is 4.01. The molecule has 0 aromatic heterocycles. The highest BCUT2D eigenvalue weighted by Crippen LogP contribution is 2.68. The van der Waals surface area contributed by atoms with Crippen molar-refractivity contribution in [1.29, 1.82) is 0 Å². The number of nitrogens with zero attached hydrogens (tertiary/aromatic N) is 2. The van der Waals surface area contributed by atoms with E-state index in [0.29, 0.717) is 23.6 Å². The number of thioether (sulfide) groups is 1. The summed E-state index contributed by atoms with van der Waals surface area (Å²) in [4.78, 5) is 44.1. The fraction of sp³-hybridized carbons (Fsp3) is 0.393. The van der Waals surface area contributed by atoms with E-state index >= 15 is 0 Å². The highest BCUT2D eigenvalue weighted by atomic mass is 79.9. The fourth-order valence-corrected chi connectivity index (χ4v) is 10.1. The lowest BCUT2D eigenvalue weighted by Crippen LogP contribution is -2.58.